The Hall–Kier alpha value is -1.57. The topological polar surface area (TPSA) is 73.1 Å². The molecule has 0 amide bonds. The predicted octanol–water partition coefficient (Wildman–Crippen LogP) is 2.40. The van der Waals surface area contributed by atoms with Crippen molar-refractivity contribution in [1.82, 2.24) is 4.98 Å². The molecule has 2 rings (SSSR count). The van der Waals surface area contributed by atoms with Crippen LogP contribution in [0.4, 0.5) is 4.39 Å². The third kappa shape index (κ3) is 3.30. The molecular weight excluding hydrogens is 299 g/mol. The first-order valence-corrected chi connectivity index (χ1v) is 8.31. The van der Waals surface area contributed by atoms with Crippen molar-refractivity contribution >= 4 is 21.2 Å². The fourth-order valence-electron chi connectivity index (χ4n) is 1.65. The number of nitrogens with zero attached hydrogens (tertiary/aromatic N) is 1. The van der Waals surface area contributed by atoms with Gasteiger partial charge < -0.3 is 5.73 Å². The molecule has 0 saturated heterocycles. The minimum Gasteiger partial charge on any atom is -0.327 e. The number of thiazole rings is 1. The maximum atomic E-state index is 12.5. The van der Waals surface area contributed by atoms with Crippen LogP contribution in [0.15, 0.2) is 52.6 Å². The Kier molecular flexibility index (Phi) is 4.64. The van der Waals surface area contributed by atoms with Crippen molar-refractivity contribution in [3.05, 3.63) is 47.7 Å². The second kappa shape index (κ2) is 6.25. The molecule has 2 aromatic rings. The van der Waals surface area contributed by atoms with E-state index in [0.717, 1.165) is 10.6 Å². The van der Waals surface area contributed by atoms with Gasteiger partial charge in [-0.15, -0.1) is 11.3 Å². The molecule has 1 heterocycles. The summed E-state index contributed by atoms with van der Waals surface area (Å²) in [7, 11) is -3.61. The summed E-state index contributed by atoms with van der Waals surface area (Å²) in [5.74, 6) is -0.415. The molecule has 1 aromatic carbocycles. The van der Waals surface area contributed by atoms with E-state index in [0.29, 0.717) is 0 Å². The molecule has 0 aliphatic heterocycles. The van der Waals surface area contributed by atoms with Crippen molar-refractivity contribution in [1.29, 1.82) is 0 Å². The van der Waals surface area contributed by atoms with Gasteiger partial charge in [-0.3, -0.25) is 0 Å². The van der Waals surface area contributed by atoms with Gasteiger partial charge in [0.2, 0.25) is 0 Å². The Morgan fingerprint density at radius 3 is 2.85 bits per heavy atom. The van der Waals surface area contributed by atoms with Crippen LogP contribution in [-0.2, 0) is 9.84 Å². The van der Waals surface area contributed by atoms with Gasteiger partial charge in [-0.05, 0) is 17.7 Å². The van der Waals surface area contributed by atoms with Crippen LogP contribution in [0.5, 0.6) is 0 Å². The number of hydrogen-bond acceptors (Lipinski definition) is 5. The van der Waals surface area contributed by atoms with Crippen LogP contribution >= 0.6 is 11.3 Å². The largest absolute Gasteiger partial charge is 0.327 e. The van der Waals surface area contributed by atoms with Crippen molar-refractivity contribution in [2.24, 2.45) is 5.73 Å². The molecule has 0 bridgehead atoms. The van der Waals surface area contributed by atoms with Crippen LogP contribution in [0, 0.1) is 0 Å². The van der Waals surface area contributed by atoms with E-state index in [1.165, 1.54) is 17.4 Å². The van der Waals surface area contributed by atoms with Crippen molar-refractivity contribution in [3.8, 4) is 10.6 Å². The average molecular weight is 312 g/mol. The lowest BCUT2D eigenvalue weighted by Gasteiger charge is -2.07. The molecular formula is C13H13FN2O2S2. The highest BCUT2D eigenvalue weighted by Crippen LogP contribution is 2.25. The minimum atomic E-state index is -3.61. The van der Waals surface area contributed by atoms with E-state index in [2.05, 4.69) is 4.98 Å². The van der Waals surface area contributed by atoms with Gasteiger partial charge in [0, 0.05) is 23.7 Å². The van der Waals surface area contributed by atoms with Crippen molar-refractivity contribution in [2.45, 2.75) is 4.90 Å². The zero-order chi connectivity index (χ0) is 14.6. The van der Waals surface area contributed by atoms with Gasteiger partial charge in [-0.1, -0.05) is 12.1 Å². The van der Waals surface area contributed by atoms with E-state index < -0.39 is 15.6 Å². The van der Waals surface area contributed by atoms with E-state index in [1.807, 2.05) is 5.38 Å². The smallest absolute Gasteiger partial charge is 0.182 e. The number of nitrogens with two attached hydrogens (primary N) is 1. The maximum absolute atomic E-state index is 12.5. The molecule has 0 unspecified atom stereocenters. The first-order chi connectivity index (χ1) is 9.56. The molecule has 2 N–H and O–H groups in total. The van der Waals surface area contributed by atoms with E-state index in [-0.39, 0.29) is 23.3 Å². The minimum absolute atomic E-state index is 0.0460. The van der Waals surface area contributed by atoms with Crippen LogP contribution in [0.3, 0.4) is 0 Å². The number of sulfone groups is 1. The van der Waals surface area contributed by atoms with Gasteiger partial charge in [0.1, 0.15) is 5.01 Å². The summed E-state index contributed by atoms with van der Waals surface area (Å²) < 4.78 is 36.9. The van der Waals surface area contributed by atoms with Crippen molar-refractivity contribution in [2.75, 3.05) is 12.3 Å². The summed E-state index contributed by atoms with van der Waals surface area (Å²) in [4.78, 5) is 4.27. The summed E-state index contributed by atoms with van der Waals surface area (Å²) in [5.41, 5.74) is 6.06. The van der Waals surface area contributed by atoms with Crippen LogP contribution in [0.2, 0.25) is 0 Å². The number of benzene rings is 1. The summed E-state index contributed by atoms with van der Waals surface area (Å²) >= 11 is 1.42. The van der Waals surface area contributed by atoms with Gasteiger partial charge in [-0.2, -0.15) is 0 Å². The SMILES string of the molecule is NC/C(=C\F)CS(=O)(=O)c1cccc(-c2nccs2)c1. The van der Waals surface area contributed by atoms with Crippen LogP contribution < -0.4 is 5.73 Å². The van der Waals surface area contributed by atoms with Gasteiger partial charge in [0.05, 0.1) is 17.0 Å². The van der Waals surface area contributed by atoms with E-state index in [4.69, 9.17) is 5.73 Å². The zero-order valence-electron chi connectivity index (χ0n) is 10.5. The highest BCUT2D eigenvalue weighted by Gasteiger charge is 2.17. The molecule has 0 atom stereocenters. The highest BCUT2D eigenvalue weighted by molar-refractivity contribution is 7.91. The number of aromatic nitrogens is 1. The molecule has 0 spiro atoms. The molecule has 106 valence electrons. The molecule has 0 saturated carbocycles. The molecule has 4 nitrogen and oxygen atoms in total. The highest BCUT2D eigenvalue weighted by atomic mass is 32.2. The first-order valence-electron chi connectivity index (χ1n) is 5.77. The summed E-state index contributed by atoms with van der Waals surface area (Å²) in [6.45, 7) is -0.123. The lowest BCUT2D eigenvalue weighted by molar-refractivity contribution is 0.596. The third-order valence-electron chi connectivity index (χ3n) is 2.66. The third-order valence-corrected chi connectivity index (χ3v) is 5.21. The van der Waals surface area contributed by atoms with Crippen LogP contribution in [0.1, 0.15) is 0 Å². The van der Waals surface area contributed by atoms with E-state index in [9.17, 15) is 12.8 Å². The Balaban J connectivity index is 2.36. The second-order valence-corrected chi connectivity index (χ2v) is 6.98. The van der Waals surface area contributed by atoms with Gasteiger partial charge >= 0.3 is 0 Å². The Morgan fingerprint density at radius 2 is 2.25 bits per heavy atom. The summed E-state index contributed by atoms with van der Waals surface area (Å²) in [5, 5.41) is 2.55. The number of halogens is 1. The predicted molar refractivity (Wildman–Crippen MR) is 77.8 cm³/mol. The maximum Gasteiger partial charge on any atom is 0.182 e. The Bertz CT molecular complexity index is 710. The lowest BCUT2D eigenvalue weighted by Crippen LogP contribution is -2.15. The fourth-order valence-corrected chi connectivity index (χ4v) is 3.71. The van der Waals surface area contributed by atoms with Gasteiger partial charge in [0.25, 0.3) is 0 Å². The lowest BCUT2D eigenvalue weighted by atomic mass is 10.2. The second-order valence-electron chi connectivity index (χ2n) is 4.10. The molecule has 0 radical (unpaired) electrons. The number of rotatable bonds is 5. The fraction of sp³-hybridized carbons (Fsp3) is 0.154. The monoisotopic (exact) mass is 312 g/mol. The number of hydrogen-bond donors (Lipinski definition) is 1. The first kappa shape index (κ1) is 14.8. The quantitative estimate of drug-likeness (QED) is 0.920. The molecule has 7 heteroatoms. The zero-order valence-corrected chi connectivity index (χ0v) is 12.1. The standard InChI is InChI=1S/C13H13FN2O2S2/c14-7-10(8-15)9-20(17,18)12-3-1-2-11(6-12)13-16-4-5-19-13/h1-7H,8-9,15H2/b10-7+. The van der Waals surface area contributed by atoms with E-state index in [1.54, 1.807) is 24.4 Å². The van der Waals surface area contributed by atoms with Crippen LogP contribution in [0.25, 0.3) is 10.6 Å². The molecule has 0 aliphatic carbocycles. The molecule has 20 heavy (non-hydrogen) atoms. The Morgan fingerprint density at radius 1 is 1.45 bits per heavy atom. The average Bonchev–Trinajstić information content (AvgIpc) is 2.99. The van der Waals surface area contributed by atoms with Gasteiger partial charge in [-0.25, -0.2) is 17.8 Å². The van der Waals surface area contributed by atoms with Crippen molar-refractivity contribution < 1.29 is 12.8 Å². The molecule has 1 aromatic heterocycles. The summed E-state index contributed by atoms with van der Waals surface area (Å²) in [6.07, 6.45) is 1.90. The van der Waals surface area contributed by atoms with E-state index >= 15 is 0 Å². The van der Waals surface area contributed by atoms with Crippen LogP contribution in [-0.4, -0.2) is 25.7 Å². The van der Waals surface area contributed by atoms with Crippen molar-refractivity contribution in [3.63, 3.8) is 0 Å². The Labute approximate surface area is 120 Å². The molecule has 0 aliphatic rings. The molecule has 0 fully saturated rings. The summed E-state index contributed by atoms with van der Waals surface area (Å²) in [6, 6.07) is 6.46. The normalized spacial score (nSPS) is 12.6. The van der Waals surface area contributed by atoms with Gasteiger partial charge in [0.15, 0.2) is 9.84 Å².